The zero-order valence-corrected chi connectivity index (χ0v) is 6.36. The molecule has 2 aromatic rings. The maximum absolute atomic E-state index is 5.70. The second kappa shape index (κ2) is 2.34. The van der Waals surface area contributed by atoms with Gasteiger partial charge in [0.15, 0.2) is 0 Å². The van der Waals surface area contributed by atoms with E-state index in [1.54, 1.807) is 6.07 Å². The van der Waals surface area contributed by atoms with Gasteiger partial charge in [-0.05, 0) is 12.1 Å². The summed E-state index contributed by atoms with van der Waals surface area (Å²) in [7, 11) is 0. The molecule has 0 aliphatic rings. The Morgan fingerprint density at radius 2 is 1.92 bits per heavy atom. The second-order valence-corrected chi connectivity index (χ2v) is 2.50. The Morgan fingerprint density at radius 1 is 1.08 bits per heavy atom. The van der Waals surface area contributed by atoms with E-state index >= 15 is 0 Å². The molecular weight excluding hydrogens is 152 g/mol. The third-order valence-electron chi connectivity index (χ3n) is 1.72. The summed E-state index contributed by atoms with van der Waals surface area (Å²) in [6.45, 7) is 0. The summed E-state index contributed by atoms with van der Waals surface area (Å²) >= 11 is 0. The summed E-state index contributed by atoms with van der Waals surface area (Å²) in [5, 5.41) is 0.736. The summed E-state index contributed by atoms with van der Waals surface area (Å²) in [6, 6.07) is 5.47. The predicted octanol–water partition coefficient (Wildman–Crippen LogP) is 0.794. The lowest BCUT2D eigenvalue weighted by Crippen LogP contribution is -1.96. The van der Waals surface area contributed by atoms with Gasteiger partial charge in [-0.1, -0.05) is 6.07 Å². The lowest BCUT2D eigenvalue weighted by Gasteiger charge is -2.01. The van der Waals surface area contributed by atoms with E-state index in [-0.39, 0.29) is 0 Å². The van der Waals surface area contributed by atoms with Crippen molar-refractivity contribution in [2.24, 2.45) is 0 Å². The molecule has 0 saturated heterocycles. The minimum Gasteiger partial charge on any atom is -0.398 e. The maximum Gasteiger partial charge on any atom is 0.136 e. The molecule has 12 heavy (non-hydrogen) atoms. The van der Waals surface area contributed by atoms with Crippen LogP contribution in [-0.2, 0) is 0 Å². The standard InChI is InChI=1S/C8H8N4/c9-5-2-1-3-6-7(5)8(10)12-4-11-6/h1-4H,9H2,(H2,10,11,12). The fraction of sp³-hybridized carbons (Fsp3) is 0. The molecule has 0 unspecified atom stereocenters. The molecule has 4 nitrogen and oxygen atoms in total. The molecule has 0 bridgehead atoms. The number of hydrogen-bond acceptors (Lipinski definition) is 4. The topological polar surface area (TPSA) is 77.8 Å². The van der Waals surface area contributed by atoms with Crippen LogP contribution in [0.3, 0.4) is 0 Å². The van der Waals surface area contributed by atoms with Crippen LogP contribution >= 0.6 is 0 Å². The summed E-state index contributed by atoms with van der Waals surface area (Å²) < 4.78 is 0. The average Bonchev–Trinajstić information content (AvgIpc) is 2.04. The first-order chi connectivity index (χ1) is 5.79. The Morgan fingerprint density at radius 3 is 2.67 bits per heavy atom. The van der Waals surface area contributed by atoms with Crippen LogP contribution in [0.25, 0.3) is 10.9 Å². The number of rotatable bonds is 0. The monoisotopic (exact) mass is 160 g/mol. The van der Waals surface area contributed by atoms with Gasteiger partial charge in [0, 0.05) is 5.69 Å². The molecule has 0 saturated carbocycles. The van der Waals surface area contributed by atoms with Crippen LogP contribution in [0.1, 0.15) is 0 Å². The van der Waals surface area contributed by atoms with E-state index in [1.807, 2.05) is 12.1 Å². The first-order valence-electron chi connectivity index (χ1n) is 3.53. The van der Waals surface area contributed by atoms with Gasteiger partial charge in [-0.3, -0.25) is 0 Å². The van der Waals surface area contributed by atoms with Crippen molar-refractivity contribution in [1.29, 1.82) is 0 Å². The lowest BCUT2D eigenvalue weighted by molar-refractivity contribution is 1.23. The highest BCUT2D eigenvalue weighted by Gasteiger charge is 2.01. The third kappa shape index (κ3) is 0.852. The first kappa shape index (κ1) is 6.84. The summed E-state index contributed by atoms with van der Waals surface area (Å²) in [4.78, 5) is 7.89. The van der Waals surface area contributed by atoms with Crippen molar-refractivity contribution in [3.8, 4) is 0 Å². The van der Waals surface area contributed by atoms with E-state index in [1.165, 1.54) is 6.33 Å². The van der Waals surface area contributed by atoms with Crippen LogP contribution in [0.2, 0.25) is 0 Å². The molecule has 1 heterocycles. The number of nitrogen functional groups attached to an aromatic ring is 2. The maximum atomic E-state index is 5.70. The van der Waals surface area contributed by atoms with Crippen molar-refractivity contribution in [2.75, 3.05) is 11.5 Å². The van der Waals surface area contributed by atoms with E-state index in [0.717, 1.165) is 10.9 Å². The van der Waals surface area contributed by atoms with Gasteiger partial charge in [-0.25, -0.2) is 9.97 Å². The van der Waals surface area contributed by atoms with E-state index in [2.05, 4.69) is 9.97 Å². The molecule has 2 rings (SSSR count). The highest BCUT2D eigenvalue weighted by molar-refractivity contribution is 5.97. The molecule has 4 N–H and O–H groups in total. The quantitative estimate of drug-likeness (QED) is 0.558. The third-order valence-corrected chi connectivity index (χ3v) is 1.72. The first-order valence-corrected chi connectivity index (χ1v) is 3.53. The molecule has 1 aromatic carbocycles. The predicted molar refractivity (Wildman–Crippen MR) is 48.4 cm³/mol. The largest absolute Gasteiger partial charge is 0.398 e. The van der Waals surface area contributed by atoms with Crippen LogP contribution < -0.4 is 11.5 Å². The van der Waals surface area contributed by atoms with Gasteiger partial charge in [-0.2, -0.15) is 0 Å². The van der Waals surface area contributed by atoms with Crippen LogP contribution in [0.15, 0.2) is 24.5 Å². The zero-order valence-electron chi connectivity index (χ0n) is 6.36. The smallest absolute Gasteiger partial charge is 0.136 e. The van der Waals surface area contributed by atoms with E-state index in [4.69, 9.17) is 11.5 Å². The Kier molecular flexibility index (Phi) is 1.33. The van der Waals surface area contributed by atoms with Crippen molar-refractivity contribution in [1.82, 2.24) is 9.97 Å². The molecular formula is C8H8N4. The fourth-order valence-electron chi connectivity index (χ4n) is 1.16. The molecule has 0 amide bonds. The molecule has 0 spiro atoms. The molecule has 4 heteroatoms. The normalized spacial score (nSPS) is 10.3. The molecule has 0 atom stereocenters. The molecule has 0 aliphatic heterocycles. The Balaban J connectivity index is 2.96. The summed E-state index contributed by atoms with van der Waals surface area (Å²) in [5.41, 5.74) is 12.7. The molecule has 0 fully saturated rings. The average molecular weight is 160 g/mol. The van der Waals surface area contributed by atoms with Crippen molar-refractivity contribution in [3.05, 3.63) is 24.5 Å². The molecule has 0 aliphatic carbocycles. The van der Waals surface area contributed by atoms with Gasteiger partial charge >= 0.3 is 0 Å². The number of nitrogens with zero attached hydrogens (tertiary/aromatic N) is 2. The van der Waals surface area contributed by atoms with Gasteiger partial charge < -0.3 is 11.5 Å². The highest BCUT2D eigenvalue weighted by atomic mass is 14.9. The number of aromatic nitrogens is 2. The summed E-state index contributed by atoms with van der Waals surface area (Å²) in [6.07, 6.45) is 1.43. The Hall–Kier alpha value is -1.84. The highest BCUT2D eigenvalue weighted by Crippen LogP contribution is 2.22. The Labute approximate surface area is 69.2 Å². The van der Waals surface area contributed by atoms with Crippen molar-refractivity contribution >= 4 is 22.4 Å². The Bertz CT molecular complexity index is 388. The molecule has 1 aromatic heterocycles. The van der Waals surface area contributed by atoms with E-state index in [0.29, 0.717) is 11.5 Å². The van der Waals surface area contributed by atoms with Crippen LogP contribution in [0.5, 0.6) is 0 Å². The molecule has 60 valence electrons. The van der Waals surface area contributed by atoms with Gasteiger partial charge in [0.1, 0.15) is 12.1 Å². The van der Waals surface area contributed by atoms with E-state index < -0.39 is 0 Å². The van der Waals surface area contributed by atoms with Crippen molar-refractivity contribution in [3.63, 3.8) is 0 Å². The van der Waals surface area contributed by atoms with E-state index in [9.17, 15) is 0 Å². The number of fused-ring (bicyclic) bond motifs is 1. The van der Waals surface area contributed by atoms with Gasteiger partial charge in [0.25, 0.3) is 0 Å². The minimum atomic E-state index is 0.429. The fourth-order valence-corrected chi connectivity index (χ4v) is 1.16. The number of nitrogens with two attached hydrogens (primary N) is 2. The lowest BCUT2D eigenvalue weighted by atomic mass is 10.2. The van der Waals surface area contributed by atoms with Crippen molar-refractivity contribution < 1.29 is 0 Å². The SMILES string of the molecule is Nc1cccc2ncnc(N)c12. The van der Waals surface area contributed by atoms with Crippen LogP contribution in [0.4, 0.5) is 11.5 Å². The van der Waals surface area contributed by atoms with Crippen LogP contribution in [0, 0.1) is 0 Å². The zero-order chi connectivity index (χ0) is 8.55. The number of benzene rings is 1. The second-order valence-electron chi connectivity index (χ2n) is 2.50. The van der Waals surface area contributed by atoms with Gasteiger partial charge in [0.05, 0.1) is 10.9 Å². The van der Waals surface area contributed by atoms with Crippen molar-refractivity contribution in [2.45, 2.75) is 0 Å². The number of anilines is 2. The van der Waals surface area contributed by atoms with Crippen LogP contribution in [-0.4, -0.2) is 9.97 Å². The summed E-state index contributed by atoms with van der Waals surface area (Å²) in [5.74, 6) is 0.429. The minimum absolute atomic E-state index is 0.429. The number of hydrogen-bond donors (Lipinski definition) is 2. The molecule has 0 radical (unpaired) electrons. The van der Waals surface area contributed by atoms with Gasteiger partial charge in [-0.15, -0.1) is 0 Å². The van der Waals surface area contributed by atoms with Gasteiger partial charge in [0.2, 0.25) is 0 Å².